The fraction of sp³-hybridized carbons (Fsp3) is 0.667. The van der Waals surface area contributed by atoms with E-state index >= 15 is 0 Å². The molecule has 2 rings (SSSR count). The van der Waals surface area contributed by atoms with Crippen LogP contribution in [0.4, 0.5) is 0 Å². The second-order valence-electron chi connectivity index (χ2n) is 6.31. The summed E-state index contributed by atoms with van der Waals surface area (Å²) in [7, 11) is 1.75. The van der Waals surface area contributed by atoms with Crippen LogP contribution in [0.3, 0.4) is 0 Å². The smallest absolute Gasteiger partial charge is 0.122 e. The number of hydrogen-bond acceptors (Lipinski definition) is 2. The molecule has 1 aliphatic carbocycles. The molecule has 0 aliphatic heterocycles. The van der Waals surface area contributed by atoms with Crippen molar-refractivity contribution in [1.82, 2.24) is 5.32 Å². The van der Waals surface area contributed by atoms with Gasteiger partial charge in [-0.25, -0.2) is 0 Å². The highest BCUT2D eigenvalue weighted by molar-refractivity contribution is 5.43. The van der Waals surface area contributed by atoms with Crippen molar-refractivity contribution < 1.29 is 4.74 Å². The van der Waals surface area contributed by atoms with Crippen molar-refractivity contribution >= 4 is 0 Å². The molecule has 2 unspecified atom stereocenters. The molecule has 1 fully saturated rings. The van der Waals surface area contributed by atoms with E-state index in [2.05, 4.69) is 45.1 Å². The van der Waals surface area contributed by atoms with E-state index in [9.17, 15) is 0 Å². The Morgan fingerprint density at radius 1 is 1.25 bits per heavy atom. The minimum Gasteiger partial charge on any atom is -0.496 e. The standard InChI is InChI=1S/C18H29NO/c1-6-9-19-18(14(4)15-7-8-15)16-10-13(3)17(20-5)11-12(16)2/h10-11,14-15,18-19H,6-9H2,1-5H3. The minimum absolute atomic E-state index is 0.479. The summed E-state index contributed by atoms with van der Waals surface area (Å²) in [5, 5.41) is 3.77. The Kier molecular flexibility index (Phi) is 5.09. The number of rotatable bonds is 7. The number of nitrogens with one attached hydrogen (secondary N) is 1. The van der Waals surface area contributed by atoms with Crippen molar-refractivity contribution in [2.45, 2.75) is 53.0 Å². The van der Waals surface area contributed by atoms with Crippen molar-refractivity contribution in [1.29, 1.82) is 0 Å². The highest BCUT2D eigenvalue weighted by atomic mass is 16.5. The average Bonchev–Trinajstić information content (AvgIpc) is 3.26. The summed E-state index contributed by atoms with van der Waals surface area (Å²) < 4.78 is 5.44. The predicted molar refractivity (Wildman–Crippen MR) is 85.4 cm³/mol. The Balaban J connectivity index is 2.29. The normalized spacial score (nSPS) is 17.9. The molecule has 0 amide bonds. The van der Waals surface area contributed by atoms with Crippen molar-refractivity contribution in [3.8, 4) is 5.75 Å². The van der Waals surface area contributed by atoms with Gasteiger partial charge in [0.05, 0.1) is 7.11 Å². The molecule has 2 heteroatoms. The monoisotopic (exact) mass is 275 g/mol. The summed E-state index contributed by atoms with van der Waals surface area (Å²) in [6.07, 6.45) is 3.99. The number of benzene rings is 1. The molecule has 0 radical (unpaired) electrons. The number of methoxy groups -OCH3 is 1. The Bertz CT molecular complexity index is 451. The molecule has 0 aromatic heterocycles. The van der Waals surface area contributed by atoms with E-state index in [0.29, 0.717) is 12.0 Å². The fourth-order valence-electron chi connectivity index (χ4n) is 3.14. The maximum Gasteiger partial charge on any atom is 0.122 e. The Morgan fingerprint density at radius 3 is 2.50 bits per heavy atom. The van der Waals surface area contributed by atoms with Gasteiger partial charge in [0.2, 0.25) is 0 Å². The highest BCUT2D eigenvalue weighted by Gasteiger charge is 2.34. The summed E-state index contributed by atoms with van der Waals surface area (Å²) in [5.41, 5.74) is 4.03. The van der Waals surface area contributed by atoms with E-state index in [1.54, 1.807) is 7.11 Å². The lowest BCUT2D eigenvalue weighted by Gasteiger charge is -2.28. The Morgan fingerprint density at radius 2 is 1.95 bits per heavy atom. The van der Waals surface area contributed by atoms with E-state index in [4.69, 9.17) is 4.74 Å². The van der Waals surface area contributed by atoms with Gasteiger partial charge in [-0.15, -0.1) is 0 Å². The van der Waals surface area contributed by atoms with Crippen LogP contribution in [-0.4, -0.2) is 13.7 Å². The van der Waals surface area contributed by atoms with Gasteiger partial charge in [-0.1, -0.05) is 19.9 Å². The van der Waals surface area contributed by atoms with Gasteiger partial charge in [0.25, 0.3) is 0 Å². The first kappa shape index (κ1) is 15.4. The molecule has 112 valence electrons. The zero-order valence-electron chi connectivity index (χ0n) is 13.6. The second kappa shape index (κ2) is 6.62. The molecule has 0 spiro atoms. The van der Waals surface area contributed by atoms with Crippen molar-refractivity contribution in [3.63, 3.8) is 0 Å². The zero-order chi connectivity index (χ0) is 14.7. The predicted octanol–water partition coefficient (Wildman–Crippen LogP) is 4.40. The quantitative estimate of drug-likeness (QED) is 0.796. The van der Waals surface area contributed by atoms with Gasteiger partial charge in [-0.3, -0.25) is 0 Å². The summed E-state index contributed by atoms with van der Waals surface area (Å²) in [4.78, 5) is 0. The van der Waals surface area contributed by atoms with Gasteiger partial charge in [0.15, 0.2) is 0 Å². The van der Waals surface area contributed by atoms with Gasteiger partial charge in [0, 0.05) is 6.04 Å². The molecule has 0 saturated heterocycles. The van der Waals surface area contributed by atoms with E-state index in [1.807, 2.05) is 0 Å². The zero-order valence-corrected chi connectivity index (χ0v) is 13.6. The molecule has 2 nitrogen and oxygen atoms in total. The lowest BCUT2D eigenvalue weighted by atomic mass is 9.87. The largest absolute Gasteiger partial charge is 0.496 e. The van der Waals surface area contributed by atoms with E-state index < -0.39 is 0 Å². The Labute approximate surface area is 123 Å². The van der Waals surface area contributed by atoms with Gasteiger partial charge in [-0.2, -0.15) is 0 Å². The summed E-state index contributed by atoms with van der Waals surface area (Å²) >= 11 is 0. The van der Waals surface area contributed by atoms with Crippen LogP contribution in [-0.2, 0) is 0 Å². The van der Waals surface area contributed by atoms with Crippen LogP contribution in [0.2, 0.25) is 0 Å². The van der Waals surface area contributed by atoms with Crippen molar-refractivity contribution in [2.75, 3.05) is 13.7 Å². The van der Waals surface area contributed by atoms with Crippen LogP contribution in [0.25, 0.3) is 0 Å². The first-order valence-corrected chi connectivity index (χ1v) is 7.97. The average molecular weight is 275 g/mol. The molecule has 1 aromatic rings. The molecule has 2 atom stereocenters. The SMILES string of the molecule is CCCNC(c1cc(C)c(OC)cc1C)C(C)C1CC1. The molecule has 1 aliphatic rings. The highest BCUT2D eigenvalue weighted by Crippen LogP contribution is 2.43. The first-order chi connectivity index (χ1) is 9.58. The third-order valence-electron chi connectivity index (χ3n) is 4.62. The van der Waals surface area contributed by atoms with E-state index in [-0.39, 0.29) is 0 Å². The van der Waals surface area contributed by atoms with Gasteiger partial charge < -0.3 is 10.1 Å². The van der Waals surface area contributed by atoms with Crippen molar-refractivity contribution in [2.24, 2.45) is 11.8 Å². The summed E-state index contributed by atoms with van der Waals surface area (Å²) in [6, 6.07) is 4.98. The second-order valence-corrected chi connectivity index (χ2v) is 6.31. The number of hydrogen-bond donors (Lipinski definition) is 1. The third-order valence-corrected chi connectivity index (χ3v) is 4.62. The summed E-state index contributed by atoms with van der Waals surface area (Å²) in [6.45, 7) is 10.1. The molecular weight excluding hydrogens is 246 g/mol. The lowest BCUT2D eigenvalue weighted by Crippen LogP contribution is -2.29. The van der Waals surface area contributed by atoms with Crippen LogP contribution >= 0.6 is 0 Å². The molecule has 20 heavy (non-hydrogen) atoms. The van der Waals surface area contributed by atoms with Gasteiger partial charge in [-0.05, 0) is 74.2 Å². The minimum atomic E-state index is 0.479. The molecule has 1 saturated carbocycles. The van der Waals surface area contributed by atoms with E-state index in [1.165, 1.54) is 36.0 Å². The third kappa shape index (κ3) is 3.35. The first-order valence-electron chi connectivity index (χ1n) is 7.97. The molecule has 0 bridgehead atoms. The topological polar surface area (TPSA) is 21.3 Å². The molecule has 1 aromatic carbocycles. The maximum absolute atomic E-state index is 5.44. The van der Waals surface area contributed by atoms with Crippen molar-refractivity contribution in [3.05, 3.63) is 28.8 Å². The van der Waals surface area contributed by atoms with E-state index in [0.717, 1.165) is 18.2 Å². The fourth-order valence-corrected chi connectivity index (χ4v) is 3.14. The van der Waals surface area contributed by atoms with Crippen LogP contribution in [0.1, 0.15) is 55.8 Å². The molecule has 0 heterocycles. The van der Waals surface area contributed by atoms with Gasteiger partial charge in [0.1, 0.15) is 5.75 Å². The van der Waals surface area contributed by atoms with Crippen LogP contribution < -0.4 is 10.1 Å². The van der Waals surface area contributed by atoms with Crippen LogP contribution in [0, 0.1) is 25.7 Å². The molecule has 1 N–H and O–H groups in total. The van der Waals surface area contributed by atoms with Gasteiger partial charge >= 0.3 is 0 Å². The molecular formula is C18H29NO. The number of aryl methyl sites for hydroxylation is 2. The summed E-state index contributed by atoms with van der Waals surface area (Å²) in [5.74, 6) is 2.62. The van der Waals surface area contributed by atoms with Crippen LogP contribution in [0.15, 0.2) is 12.1 Å². The maximum atomic E-state index is 5.44. The number of ether oxygens (including phenoxy) is 1. The van der Waals surface area contributed by atoms with Crippen LogP contribution in [0.5, 0.6) is 5.75 Å². The Hall–Kier alpha value is -1.02. The lowest BCUT2D eigenvalue weighted by molar-refractivity contribution is 0.347.